The summed E-state index contributed by atoms with van der Waals surface area (Å²) in [6.45, 7) is 4.11. The van der Waals surface area contributed by atoms with Gasteiger partial charge in [-0.15, -0.1) is 0 Å². The van der Waals surface area contributed by atoms with Crippen LogP contribution in [0, 0.1) is 11.3 Å². The Labute approximate surface area is 216 Å². The van der Waals surface area contributed by atoms with E-state index in [0.29, 0.717) is 47.6 Å². The predicted molar refractivity (Wildman–Crippen MR) is 141 cm³/mol. The first-order chi connectivity index (χ1) is 17.4. The summed E-state index contributed by atoms with van der Waals surface area (Å²) in [5.74, 6) is 1.67. The number of hydrogen-bond acceptors (Lipinski definition) is 8. The quantitative estimate of drug-likeness (QED) is 0.419. The molecular formula is C27H30ClN7O. The number of nitriles is 1. The Kier molecular flexibility index (Phi) is 6.80. The van der Waals surface area contributed by atoms with Crippen LogP contribution in [-0.4, -0.2) is 45.1 Å². The highest BCUT2D eigenvalue weighted by Gasteiger charge is 2.36. The van der Waals surface area contributed by atoms with Gasteiger partial charge in [0.25, 0.3) is 0 Å². The lowest BCUT2D eigenvalue weighted by Gasteiger charge is -2.29. The molecule has 1 aliphatic heterocycles. The summed E-state index contributed by atoms with van der Waals surface area (Å²) < 4.78 is 0. The second kappa shape index (κ2) is 10.0. The van der Waals surface area contributed by atoms with Gasteiger partial charge >= 0.3 is 0 Å². The molecule has 0 bridgehead atoms. The van der Waals surface area contributed by atoms with Gasteiger partial charge in [-0.05, 0) is 87.5 Å². The number of pyridine rings is 1. The number of benzene rings is 1. The van der Waals surface area contributed by atoms with Crippen LogP contribution in [-0.2, 0) is 12.0 Å². The summed E-state index contributed by atoms with van der Waals surface area (Å²) in [6, 6.07) is 11.9. The van der Waals surface area contributed by atoms with Crippen molar-refractivity contribution < 1.29 is 5.11 Å². The van der Waals surface area contributed by atoms with Gasteiger partial charge in [0.1, 0.15) is 23.1 Å². The summed E-state index contributed by atoms with van der Waals surface area (Å²) in [6.07, 6.45) is 5.74. The van der Waals surface area contributed by atoms with Crippen LogP contribution in [0.2, 0.25) is 5.02 Å². The van der Waals surface area contributed by atoms with Crippen molar-refractivity contribution in [2.75, 3.05) is 30.8 Å². The van der Waals surface area contributed by atoms with Gasteiger partial charge in [0.15, 0.2) is 5.82 Å². The third-order valence-electron chi connectivity index (χ3n) is 7.38. The summed E-state index contributed by atoms with van der Waals surface area (Å²) >= 11 is 6.65. The number of piperidine rings is 1. The molecule has 0 amide bonds. The molecule has 0 spiro atoms. The molecule has 1 atom stereocenters. The maximum atomic E-state index is 10.9. The molecule has 186 valence electrons. The lowest BCUT2D eigenvalue weighted by atomic mass is 9.89. The fraction of sp³-hybridized carbons (Fsp3) is 0.407. The fourth-order valence-corrected chi connectivity index (χ4v) is 5.43. The summed E-state index contributed by atoms with van der Waals surface area (Å²) in [5.41, 5.74) is 3.08. The third-order valence-corrected chi connectivity index (χ3v) is 7.71. The Morgan fingerprint density at radius 3 is 2.72 bits per heavy atom. The van der Waals surface area contributed by atoms with Gasteiger partial charge in [0, 0.05) is 10.7 Å². The molecule has 0 saturated carbocycles. The van der Waals surface area contributed by atoms with E-state index in [2.05, 4.69) is 49.7 Å². The fourth-order valence-electron chi connectivity index (χ4n) is 5.09. The summed E-state index contributed by atoms with van der Waals surface area (Å²) in [5, 5.41) is 27.6. The van der Waals surface area contributed by atoms with Gasteiger partial charge in [-0.3, -0.25) is 0 Å². The van der Waals surface area contributed by atoms with E-state index >= 15 is 0 Å². The van der Waals surface area contributed by atoms with Crippen molar-refractivity contribution >= 4 is 34.9 Å². The number of nitrogens with zero attached hydrogens (tertiary/aromatic N) is 5. The van der Waals surface area contributed by atoms with Gasteiger partial charge in [-0.2, -0.15) is 10.2 Å². The Morgan fingerprint density at radius 1 is 1.19 bits per heavy atom. The second-order valence-electron chi connectivity index (χ2n) is 9.72. The largest absolute Gasteiger partial charge is 0.384 e. The predicted octanol–water partition coefficient (Wildman–Crippen LogP) is 5.24. The zero-order chi connectivity index (χ0) is 25.3. The number of aliphatic hydroxyl groups is 1. The van der Waals surface area contributed by atoms with E-state index in [0.717, 1.165) is 48.6 Å². The minimum atomic E-state index is -0.914. The van der Waals surface area contributed by atoms with Crippen LogP contribution >= 0.6 is 11.6 Å². The zero-order valence-electron chi connectivity index (χ0n) is 20.6. The molecule has 36 heavy (non-hydrogen) atoms. The second-order valence-corrected chi connectivity index (χ2v) is 10.1. The average molecular weight is 504 g/mol. The molecule has 2 aliphatic rings. The van der Waals surface area contributed by atoms with Crippen molar-refractivity contribution in [2.45, 2.75) is 50.5 Å². The minimum absolute atomic E-state index is 0.296. The third kappa shape index (κ3) is 4.87. The first-order valence-electron chi connectivity index (χ1n) is 12.4. The van der Waals surface area contributed by atoms with E-state index in [1.807, 2.05) is 31.2 Å². The molecule has 9 heteroatoms. The van der Waals surface area contributed by atoms with E-state index in [-0.39, 0.29) is 0 Å². The lowest BCUT2D eigenvalue weighted by Crippen LogP contribution is -2.29. The van der Waals surface area contributed by atoms with E-state index in [1.54, 1.807) is 0 Å². The van der Waals surface area contributed by atoms with Crippen LogP contribution < -0.4 is 10.6 Å². The smallest absolute Gasteiger partial charge is 0.229 e. The highest BCUT2D eigenvalue weighted by molar-refractivity contribution is 6.31. The monoisotopic (exact) mass is 503 g/mol. The number of halogens is 1. The molecule has 8 nitrogen and oxygen atoms in total. The average Bonchev–Trinajstić information content (AvgIpc) is 3.22. The molecule has 1 saturated heterocycles. The van der Waals surface area contributed by atoms with Gasteiger partial charge in [-0.1, -0.05) is 30.7 Å². The van der Waals surface area contributed by atoms with Crippen LogP contribution in [0.25, 0.3) is 0 Å². The lowest BCUT2D eigenvalue weighted by molar-refractivity contribution is 0.0307. The topological polar surface area (TPSA) is 110 Å². The van der Waals surface area contributed by atoms with E-state index in [9.17, 15) is 10.4 Å². The Hall–Kier alpha value is -3.25. The maximum absolute atomic E-state index is 10.9. The van der Waals surface area contributed by atoms with Crippen molar-refractivity contribution in [3.05, 3.63) is 63.9 Å². The molecule has 1 fully saturated rings. The molecule has 5 rings (SSSR count). The van der Waals surface area contributed by atoms with Gasteiger partial charge in [0.2, 0.25) is 5.95 Å². The van der Waals surface area contributed by atoms with E-state index < -0.39 is 5.60 Å². The number of fused-ring (bicyclic) bond motifs is 1. The van der Waals surface area contributed by atoms with Gasteiger partial charge in [0.05, 0.1) is 11.9 Å². The number of rotatable bonds is 6. The first-order valence-corrected chi connectivity index (χ1v) is 12.8. The normalized spacial score (nSPS) is 20.1. The minimum Gasteiger partial charge on any atom is -0.384 e. The van der Waals surface area contributed by atoms with Gasteiger partial charge in [-0.25, -0.2) is 9.97 Å². The highest BCUT2D eigenvalue weighted by Crippen LogP contribution is 2.39. The van der Waals surface area contributed by atoms with Crippen LogP contribution in [0.5, 0.6) is 0 Å². The van der Waals surface area contributed by atoms with Crippen molar-refractivity contribution in [1.29, 1.82) is 5.26 Å². The SMILES string of the molecule is CCC1(O)CCc2ccc(Nc3nc(Nc4ccc(C5CCN(C)CC5)c(Cl)c4)ncc3C#N)nc21. The summed E-state index contributed by atoms with van der Waals surface area (Å²) in [4.78, 5) is 15.8. The molecule has 3 aromatic rings. The molecular weight excluding hydrogens is 474 g/mol. The number of hydrogen-bond donors (Lipinski definition) is 3. The molecule has 0 radical (unpaired) electrons. The van der Waals surface area contributed by atoms with E-state index in [1.165, 1.54) is 11.8 Å². The highest BCUT2D eigenvalue weighted by atomic mass is 35.5. The van der Waals surface area contributed by atoms with Crippen LogP contribution in [0.15, 0.2) is 36.5 Å². The number of nitrogens with one attached hydrogen (secondary N) is 2. The number of aromatic nitrogens is 3. The molecule has 1 aliphatic carbocycles. The van der Waals surface area contributed by atoms with Crippen molar-refractivity contribution in [3.63, 3.8) is 0 Å². The Bertz CT molecular complexity index is 1320. The number of anilines is 4. The summed E-state index contributed by atoms with van der Waals surface area (Å²) in [7, 11) is 2.15. The molecule has 3 heterocycles. The van der Waals surface area contributed by atoms with Crippen molar-refractivity contribution in [2.24, 2.45) is 0 Å². The standard InChI is InChI=1S/C27H30ClN7O/c1-3-27(36)11-8-18-4-7-23(32-24(18)27)33-25-19(15-29)16-30-26(34-25)31-20-5-6-21(22(28)14-20)17-9-12-35(2)13-10-17/h4-7,14,16-17,36H,3,8-13H2,1-2H3,(H2,30,31,32,33,34). The first kappa shape index (κ1) is 24.4. The molecule has 1 aromatic carbocycles. The molecule has 3 N–H and O–H groups in total. The van der Waals surface area contributed by atoms with Gasteiger partial charge < -0.3 is 20.6 Å². The molecule has 2 aromatic heterocycles. The zero-order valence-corrected chi connectivity index (χ0v) is 21.3. The van der Waals surface area contributed by atoms with Crippen LogP contribution in [0.3, 0.4) is 0 Å². The maximum Gasteiger partial charge on any atom is 0.229 e. The van der Waals surface area contributed by atoms with Crippen molar-refractivity contribution in [3.8, 4) is 6.07 Å². The number of aryl methyl sites for hydroxylation is 1. The Morgan fingerprint density at radius 2 is 2.00 bits per heavy atom. The van der Waals surface area contributed by atoms with Crippen LogP contribution in [0.4, 0.5) is 23.3 Å². The Balaban J connectivity index is 1.35. The van der Waals surface area contributed by atoms with Crippen LogP contribution in [0.1, 0.15) is 60.9 Å². The number of likely N-dealkylation sites (tertiary alicyclic amines) is 1. The molecule has 1 unspecified atom stereocenters. The van der Waals surface area contributed by atoms with Crippen molar-refractivity contribution in [1.82, 2.24) is 19.9 Å². The van der Waals surface area contributed by atoms with E-state index in [4.69, 9.17) is 11.6 Å².